The molecule has 8 N–H and O–H groups in total. The molecular weight excluding hydrogens is 660 g/mol. The van der Waals surface area contributed by atoms with Gasteiger partial charge in [-0.2, -0.15) is 13.5 Å². The normalized spacial score (nSPS) is 20.8. The number of thiazole rings is 1. The third-order valence-corrected chi connectivity index (χ3v) is 8.04. The van der Waals surface area contributed by atoms with Crippen molar-refractivity contribution in [3.63, 3.8) is 0 Å². The lowest BCUT2D eigenvalue weighted by atomic mass is 9.84. The topological polar surface area (TPSA) is 270 Å². The summed E-state index contributed by atoms with van der Waals surface area (Å²) in [5.41, 5.74) is 10.0. The van der Waals surface area contributed by atoms with Gasteiger partial charge in [0.1, 0.15) is 34.3 Å². The highest BCUT2D eigenvalue weighted by atomic mass is 35.5. The number of ether oxygens (including phenoxy) is 1. The maximum Gasteiger partial charge on any atom is 0.418 e. The Morgan fingerprint density at radius 2 is 2.02 bits per heavy atom. The zero-order valence-corrected chi connectivity index (χ0v) is 26.1. The molecule has 21 heteroatoms. The fourth-order valence-corrected chi connectivity index (χ4v) is 5.63. The number of aliphatic imine (C=N–C) groups is 1. The Kier molecular flexibility index (Phi) is 10.1. The highest BCUT2D eigenvalue weighted by Crippen LogP contribution is 2.33. The zero-order chi connectivity index (χ0) is 33.1. The first-order chi connectivity index (χ1) is 21.1. The molecule has 4 rings (SSSR count). The number of benzene rings is 1. The Morgan fingerprint density at radius 3 is 2.56 bits per heavy atom. The second-order valence-electron chi connectivity index (χ2n) is 10.2. The predicted molar refractivity (Wildman–Crippen MR) is 160 cm³/mol. The van der Waals surface area contributed by atoms with Gasteiger partial charge >= 0.3 is 16.4 Å². The molecule has 1 aromatic heterocycles. The predicted octanol–water partition coefficient (Wildman–Crippen LogP) is -0.461. The lowest BCUT2D eigenvalue weighted by Gasteiger charge is -2.50. The van der Waals surface area contributed by atoms with Gasteiger partial charge in [-0.25, -0.2) is 9.78 Å². The number of aromatic nitrogens is 1. The van der Waals surface area contributed by atoms with E-state index in [2.05, 4.69) is 30.0 Å². The number of hydrogen-bond acceptors (Lipinski definition) is 14. The number of carbonyl (C=O) groups excluding carboxylic acids is 2. The molecule has 0 saturated carbocycles. The number of nitrogen functional groups attached to an aromatic ring is 1. The van der Waals surface area contributed by atoms with Gasteiger partial charge in [0, 0.05) is 12.1 Å². The Hall–Kier alpha value is -4.08. The number of rotatable bonds is 13. The van der Waals surface area contributed by atoms with E-state index in [4.69, 9.17) is 37.2 Å². The summed E-state index contributed by atoms with van der Waals surface area (Å²) >= 11 is 6.94. The molecule has 3 heterocycles. The van der Waals surface area contributed by atoms with Gasteiger partial charge in [0.25, 0.3) is 17.9 Å². The molecule has 0 radical (unpaired) electrons. The number of nitrogens with one attached hydrogen (secondary N) is 2. The summed E-state index contributed by atoms with van der Waals surface area (Å²) in [5.74, 6) is -2.98. The molecule has 1 aromatic carbocycles. The number of nitrogens with zero attached hydrogens (tertiary/aromatic N) is 4. The van der Waals surface area contributed by atoms with Crippen molar-refractivity contribution in [2.75, 3.05) is 25.4 Å². The zero-order valence-electron chi connectivity index (χ0n) is 23.7. The number of oxime groups is 1. The fraction of sp³-hybridized carbons (Fsp3) is 0.417. The molecule has 0 spiro atoms. The average molecular weight is 689 g/mol. The second kappa shape index (κ2) is 13.5. The van der Waals surface area contributed by atoms with Crippen molar-refractivity contribution < 1.29 is 46.3 Å². The van der Waals surface area contributed by atoms with E-state index in [1.807, 2.05) is 0 Å². The molecule has 2 saturated heterocycles. The summed E-state index contributed by atoms with van der Waals surface area (Å²) in [6.07, 6.45) is -0.850. The third-order valence-electron chi connectivity index (χ3n) is 6.62. The molecular formula is C24H29ClN8O10S2. The van der Waals surface area contributed by atoms with Crippen molar-refractivity contribution in [1.29, 1.82) is 0 Å². The maximum absolute atomic E-state index is 13.3. The maximum atomic E-state index is 13.3. The first-order valence-electron chi connectivity index (χ1n) is 13.0. The molecule has 2 aliphatic heterocycles. The van der Waals surface area contributed by atoms with E-state index < -0.39 is 58.2 Å². The number of amides is 2. The molecule has 3 atom stereocenters. The summed E-state index contributed by atoms with van der Waals surface area (Å²) in [7, 11) is -5.04. The van der Waals surface area contributed by atoms with Crippen LogP contribution in [0.4, 0.5) is 5.13 Å². The van der Waals surface area contributed by atoms with E-state index in [1.165, 1.54) is 13.8 Å². The molecule has 0 aliphatic carbocycles. The first kappa shape index (κ1) is 33.8. The van der Waals surface area contributed by atoms with Gasteiger partial charge in [0.05, 0.1) is 11.6 Å². The number of aliphatic carboxylic acids is 1. The summed E-state index contributed by atoms with van der Waals surface area (Å²) in [4.78, 5) is 51.2. The van der Waals surface area contributed by atoms with Crippen LogP contribution in [0.15, 0.2) is 34.4 Å². The van der Waals surface area contributed by atoms with Crippen molar-refractivity contribution in [3.8, 4) is 5.75 Å². The van der Waals surface area contributed by atoms with Crippen LogP contribution in [0, 0.1) is 0 Å². The number of nitrogens with two attached hydrogens (primary N) is 2. The number of hydroxylamine groups is 2. The van der Waals surface area contributed by atoms with Crippen molar-refractivity contribution in [1.82, 2.24) is 20.7 Å². The average Bonchev–Trinajstić information content (AvgIpc) is 3.60. The molecule has 2 aromatic rings. The number of amidine groups is 1. The van der Waals surface area contributed by atoms with Gasteiger partial charge < -0.3 is 36.8 Å². The van der Waals surface area contributed by atoms with Gasteiger partial charge in [-0.1, -0.05) is 28.1 Å². The van der Waals surface area contributed by atoms with Gasteiger partial charge in [-0.3, -0.25) is 19.1 Å². The number of anilines is 1. The van der Waals surface area contributed by atoms with E-state index in [0.29, 0.717) is 16.5 Å². The summed E-state index contributed by atoms with van der Waals surface area (Å²) in [6.45, 7) is 3.74. The van der Waals surface area contributed by atoms with E-state index in [-0.39, 0.29) is 27.0 Å². The highest BCUT2D eigenvalue weighted by Gasteiger charge is 2.58. The molecule has 2 amide bonds. The quantitative estimate of drug-likeness (QED) is 0.0511. The van der Waals surface area contributed by atoms with Crippen molar-refractivity contribution in [2.24, 2.45) is 15.9 Å². The Morgan fingerprint density at radius 1 is 1.33 bits per heavy atom. The van der Waals surface area contributed by atoms with Crippen LogP contribution < -0.4 is 26.8 Å². The van der Waals surface area contributed by atoms with Crippen molar-refractivity contribution in [2.45, 2.75) is 44.0 Å². The largest absolute Gasteiger partial charge is 0.489 e. The van der Waals surface area contributed by atoms with Crippen molar-refractivity contribution in [3.05, 3.63) is 39.9 Å². The molecule has 45 heavy (non-hydrogen) atoms. The highest BCUT2D eigenvalue weighted by molar-refractivity contribution is 7.80. The number of carboxylic acids is 1. The van der Waals surface area contributed by atoms with Gasteiger partial charge in [-0.05, 0) is 51.1 Å². The second-order valence-corrected chi connectivity index (χ2v) is 12.9. The van der Waals surface area contributed by atoms with Gasteiger partial charge in [-0.15, -0.1) is 4.28 Å². The van der Waals surface area contributed by atoms with Gasteiger partial charge in [0.2, 0.25) is 0 Å². The van der Waals surface area contributed by atoms with E-state index in [0.717, 1.165) is 30.8 Å². The molecule has 1 unspecified atom stereocenters. The molecule has 0 bridgehead atoms. The van der Waals surface area contributed by atoms with E-state index in [9.17, 15) is 27.9 Å². The standard InChI is InChI=1S/C24H29ClN8O10S2/c1-24(2)17(21(35)33(24)43-45(38,39)40)31-20(34)16(15-18(25)44-23(27)30-15)32-42-14(22(36)37)10-41-13-5-3-11(4-6-13)19(26)29-12-7-8-28-9-12/h3-6,12,14,17,28H,7-10H2,1-2H3,(H2,26,29)(H2,27,30)(H,31,34)(H,36,37)(H,38,39,40)/b32-16-/t12-,14?,17+/m0/s1. The van der Waals surface area contributed by atoms with E-state index in [1.54, 1.807) is 24.3 Å². The minimum absolute atomic E-state index is 0.0598. The lowest BCUT2D eigenvalue weighted by molar-refractivity contribution is -0.218. The van der Waals surface area contributed by atoms with Crippen LogP contribution in [0.3, 0.4) is 0 Å². The number of hydrogen-bond donors (Lipinski definition) is 6. The Bertz CT molecular complexity index is 1620. The van der Waals surface area contributed by atoms with Gasteiger partial charge in [0.15, 0.2) is 10.8 Å². The first-order valence-corrected chi connectivity index (χ1v) is 15.6. The molecule has 18 nitrogen and oxygen atoms in total. The lowest BCUT2D eigenvalue weighted by Crippen LogP contribution is -2.76. The fourth-order valence-electron chi connectivity index (χ4n) is 4.25. The Balaban J connectivity index is 1.47. The number of halogens is 1. The van der Waals surface area contributed by atoms with Crippen molar-refractivity contribution >= 4 is 67.8 Å². The summed E-state index contributed by atoms with van der Waals surface area (Å²) < 4.78 is 40.8. The van der Waals surface area contributed by atoms with Crippen LogP contribution in [0.1, 0.15) is 31.5 Å². The van der Waals surface area contributed by atoms with Crippen LogP contribution in [0.2, 0.25) is 4.34 Å². The van der Waals surface area contributed by atoms with Crippen LogP contribution >= 0.6 is 22.9 Å². The van der Waals surface area contributed by atoms with Crippen LogP contribution in [0.25, 0.3) is 0 Å². The monoisotopic (exact) mass is 688 g/mol. The molecule has 2 fully saturated rings. The summed E-state index contributed by atoms with van der Waals surface area (Å²) in [6, 6.07) is 5.17. The Labute approximate surface area is 265 Å². The van der Waals surface area contributed by atoms with Crippen LogP contribution in [0.5, 0.6) is 5.75 Å². The number of carboxylic acid groups (broad SMARTS) is 1. The summed E-state index contributed by atoms with van der Waals surface area (Å²) in [5, 5.41) is 19.2. The molecule has 2 aliphatic rings. The smallest absolute Gasteiger partial charge is 0.418 e. The molecule has 244 valence electrons. The van der Waals surface area contributed by atoms with E-state index >= 15 is 0 Å². The minimum Gasteiger partial charge on any atom is -0.489 e. The number of β-lactam (4-membered cyclic amide) rings is 1. The van der Waals surface area contributed by atoms with Crippen LogP contribution in [-0.2, 0) is 33.9 Å². The SMILES string of the molecule is CC1(C)[C@H](NC(=O)/C(=N\OC(COc2ccc(C(N)=N[C@H]3CCNC3)cc2)C(=O)O)c2nc(N)sc2Cl)C(=O)N1OS(=O)(=O)O. The number of carbonyl (C=O) groups is 3. The van der Waals surface area contributed by atoms with Crippen LogP contribution in [-0.4, -0.2) is 101 Å². The third kappa shape index (κ3) is 8.15. The minimum atomic E-state index is -5.04.